The van der Waals surface area contributed by atoms with Gasteiger partial charge < -0.3 is 25.2 Å². The van der Waals surface area contributed by atoms with E-state index in [1.807, 2.05) is 27.7 Å². The highest BCUT2D eigenvalue weighted by Crippen LogP contribution is 2.74. The lowest BCUT2D eigenvalue weighted by molar-refractivity contribution is -0.186. The van der Waals surface area contributed by atoms with E-state index in [9.17, 15) is 34.8 Å². The molecule has 4 N–H and O–H groups in total. The second-order valence-electron chi connectivity index (χ2n) is 15.0. The lowest BCUT2D eigenvalue weighted by Gasteiger charge is -2.65. The van der Waals surface area contributed by atoms with Crippen LogP contribution in [0.15, 0.2) is 23.8 Å². The summed E-state index contributed by atoms with van der Waals surface area (Å²) in [6, 6.07) is 0. The number of hydrogen-bond acceptors (Lipinski definition) is 8. The number of rotatable bonds is 5. The Hall–Kier alpha value is -1.87. The molecule has 8 heteroatoms. The predicted octanol–water partition coefficient (Wildman–Crippen LogP) is 3.29. The molecule has 1 unspecified atom stereocenters. The second kappa shape index (κ2) is 9.32. The molecule has 4 rings (SSSR count). The van der Waals surface area contributed by atoms with Gasteiger partial charge in [0, 0.05) is 30.1 Å². The van der Waals surface area contributed by atoms with Crippen molar-refractivity contribution in [3.63, 3.8) is 0 Å². The quantitative estimate of drug-likeness (QED) is 0.228. The first kappa shape index (κ1) is 31.1. The van der Waals surface area contributed by atoms with E-state index >= 15 is 0 Å². The standard InChI is InChI=1S/C32H48O8/c1-17(33)40-27(2,3)13-12-23(36)32(9,39)25-21(35)15-29(6)22-11-10-18-19(14-20(34)26(38)28(18,4)5)31(22,8)24(37)16-30(25,29)7/h10,12-13,19-22,25-26,34-35,38-39H,11,14-16H2,1-9H3/b13-12+/t19-,20+,21-,22+,25+,26-,29+,30-,31+,32?/m1/s1. The molecule has 4 aliphatic rings. The maximum Gasteiger partial charge on any atom is 0.303 e. The summed E-state index contributed by atoms with van der Waals surface area (Å²) in [6.45, 7) is 15.7. The molecule has 10 atom stereocenters. The average molecular weight is 561 g/mol. The monoisotopic (exact) mass is 560 g/mol. The molecule has 3 saturated carbocycles. The number of ketones is 2. The summed E-state index contributed by atoms with van der Waals surface area (Å²) in [4.78, 5) is 39.2. The zero-order valence-electron chi connectivity index (χ0n) is 25.4. The van der Waals surface area contributed by atoms with Crippen LogP contribution in [-0.2, 0) is 19.1 Å². The molecule has 0 aromatic carbocycles. The zero-order chi connectivity index (χ0) is 30.4. The van der Waals surface area contributed by atoms with E-state index in [0.29, 0.717) is 12.8 Å². The Labute approximate surface area is 237 Å². The van der Waals surface area contributed by atoms with Gasteiger partial charge in [-0.3, -0.25) is 14.4 Å². The highest BCUT2D eigenvalue weighted by Gasteiger charge is 2.74. The van der Waals surface area contributed by atoms with E-state index in [1.54, 1.807) is 13.8 Å². The van der Waals surface area contributed by atoms with Crippen molar-refractivity contribution in [3.8, 4) is 0 Å². The van der Waals surface area contributed by atoms with Crippen LogP contribution >= 0.6 is 0 Å². The van der Waals surface area contributed by atoms with Crippen LogP contribution in [0, 0.1) is 39.4 Å². The van der Waals surface area contributed by atoms with Crippen molar-refractivity contribution in [2.45, 2.75) is 118 Å². The summed E-state index contributed by atoms with van der Waals surface area (Å²) in [5.74, 6) is -2.48. The van der Waals surface area contributed by atoms with Crippen molar-refractivity contribution in [2.24, 2.45) is 39.4 Å². The summed E-state index contributed by atoms with van der Waals surface area (Å²) < 4.78 is 5.23. The highest BCUT2D eigenvalue weighted by molar-refractivity contribution is 5.97. The number of aliphatic hydroxyl groups excluding tert-OH is 3. The van der Waals surface area contributed by atoms with Crippen molar-refractivity contribution < 1.29 is 39.5 Å². The summed E-state index contributed by atoms with van der Waals surface area (Å²) in [5, 5.41) is 44.9. The molecule has 0 spiro atoms. The molecule has 224 valence electrons. The number of esters is 1. The molecule has 0 radical (unpaired) electrons. The fourth-order valence-corrected chi connectivity index (χ4v) is 9.55. The first-order valence-corrected chi connectivity index (χ1v) is 14.5. The minimum atomic E-state index is -1.98. The number of aliphatic hydroxyl groups is 4. The number of fused-ring (bicyclic) bond motifs is 5. The maximum absolute atomic E-state index is 14.3. The smallest absolute Gasteiger partial charge is 0.303 e. The van der Waals surface area contributed by atoms with Gasteiger partial charge in [-0.1, -0.05) is 46.3 Å². The first-order chi connectivity index (χ1) is 18.1. The van der Waals surface area contributed by atoms with Crippen LogP contribution < -0.4 is 0 Å². The fraction of sp³-hybridized carbons (Fsp3) is 0.781. The molecular weight excluding hydrogens is 512 g/mol. The molecule has 0 aromatic heterocycles. The molecule has 8 nitrogen and oxygen atoms in total. The molecule has 0 bridgehead atoms. The van der Waals surface area contributed by atoms with Crippen molar-refractivity contribution in [2.75, 3.05) is 0 Å². The molecular formula is C32H48O8. The van der Waals surface area contributed by atoms with Gasteiger partial charge in [0.2, 0.25) is 0 Å². The van der Waals surface area contributed by atoms with E-state index in [2.05, 4.69) is 13.0 Å². The number of ether oxygens (including phenoxy) is 1. The first-order valence-electron chi connectivity index (χ1n) is 14.5. The zero-order valence-corrected chi connectivity index (χ0v) is 25.4. The van der Waals surface area contributed by atoms with Gasteiger partial charge in [0.1, 0.15) is 17.0 Å². The third-order valence-electron chi connectivity index (χ3n) is 11.8. The van der Waals surface area contributed by atoms with E-state index in [0.717, 1.165) is 5.57 Å². The molecule has 4 aliphatic carbocycles. The van der Waals surface area contributed by atoms with Crippen molar-refractivity contribution in [3.05, 3.63) is 23.8 Å². The summed E-state index contributed by atoms with van der Waals surface area (Å²) in [5.41, 5.74) is -5.04. The third kappa shape index (κ3) is 4.19. The molecule has 40 heavy (non-hydrogen) atoms. The summed E-state index contributed by atoms with van der Waals surface area (Å²) >= 11 is 0. The molecule has 0 aromatic rings. The number of carbonyl (C=O) groups is 3. The van der Waals surface area contributed by atoms with Gasteiger partial charge in [0.15, 0.2) is 5.78 Å². The average Bonchev–Trinajstić information content (AvgIpc) is 3.01. The van der Waals surface area contributed by atoms with Crippen molar-refractivity contribution in [1.29, 1.82) is 0 Å². The van der Waals surface area contributed by atoms with Crippen LogP contribution in [0.5, 0.6) is 0 Å². The molecule has 0 amide bonds. The second-order valence-corrected chi connectivity index (χ2v) is 15.0. The Balaban J connectivity index is 1.74. The maximum atomic E-state index is 14.3. The highest BCUT2D eigenvalue weighted by atomic mass is 16.6. The molecule has 3 fully saturated rings. The summed E-state index contributed by atoms with van der Waals surface area (Å²) in [6.07, 6.45) is 3.10. The largest absolute Gasteiger partial charge is 0.456 e. The number of carbonyl (C=O) groups excluding carboxylic acids is 3. The van der Waals surface area contributed by atoms with Crippen molar-refractivity contribution >= 4 is 17.5 Å². The number of Topliss-reactive ketones (excluding diaryl/α,β-unsaturated/α-hetero) is 1. The normalized spacial score (nSPS) is 44.2. The number of allylic oxidation sites excluding steroid dienone is 1. The van der Waals surface area contributed by atoms with Crippen LogP contribution in [-0.4, -0.2) is 67.5 Å². The minimum Gasteiger partial charge on any atom is -0.456 e. The summed E-state index contributed by atoms with van der Waals surface area (Å²) in [7, 11) is 0. The van der Waals surface area contributed by atoms with Gasteiger partial charge in [0.25, 0.3) is 0 Å². The Morgan fingerprint density at radius 3 is 2.20 bits per heavy atom. The molecule has 0 heterocycles. The lowest BCUT2D eigenvalue weighted by Crippen LogP contribution is -2.65. The van der Waals surface area contributed by atoms with Gasteiger partial charge in [-0.05, 0) is 74.9 Å². The molecule has 0 aliphatic heterocycles. The van der Waals surface area contributed by atoms with Crippen LogP contribution in [0.4, 0.5) is 0 Å². The number of hydrogen-bond donors (Lipinski definition) is 4. The Bertz CT molecular complexity index is 1160. The van der Waals surface area contributed by atoms with Crippen LogP contribution in [0.3, 0.4) is 0 Å². The predicted molar refractivity (Wildman–Crippen MR) is 149 cm³/mol. The van der Waals surface area contributed by atoms with Gasteiger partial charge in [0.05, 0.1) is 18.3 Å². The van der Waals surface area contributed by atoms with Gasteiger partial charge in [-0.15, -0.1) is 0 Å². The Morgan fingerprint density at radius 2 is 1.62 bits per heavy atom. The van der Waals surface area contributed by atoms with E-state index in [4.69, 9.17) is 4.74 Å². The topological polar surface area (TPSA) is 141 Å². The Kier molecular flexibility index (Phi) is 7.24. The van der Waals surface area contributed by atoms with Gasteiger partial charge in [-0.25, -0.2) is 0 Å². The third-order valence-corrected chi connectivity index (χ3v) is 11.8. The van der Waals surface area contributed by atoms with Gasteiger partial charge >= 0.3 is 5.97 Å². The Morgan fingerprint density at radius 1 is 1.02 bits per heavy atom. The SMILES string of the molecule is CC(=O)OC(C)(C)/C=C/C(=O)C(C)(O)[C@H]1[C@H](O)C[C@@]2(C)[C@@H]3CC=C4[C@@H](C[C@H](O)[C@@H](O)C4(C)C)[C@]3(C)C(=O)C[C@]12C. The van der Waals surface area contributed by atoms with E-state index in [1.165, 1.54) is 26.0 Å². The van der Waals surface area contributed by atoms with Crippen LogP contribution in [0.25, 0.3) is 0 Å². The lowest BCUT2D eigenvalue weighted by atomic mass is 9.38. The van der Waals surface area contributed by atoms with Crippen molar-refractivity contribution in [1.82, 2.24) is 0 Å². The van der Waals surface area contributed by atoms with Crippen LogP contribution in [0.2, 0.25) is 0 Å². The molecule has 0 saturated heterocycles. The van der Waals surface area contributed by atoms with Crippen LogP contribution in [0.1, 0.15) is 88.0 Å². The van der Waals surface area contributed by atoms with Gasteiger partial charge in [-0.2, -0.15) is 0 Å². The minimum absolute atomic E-state index is 0.00125. The fourth-order valence-electron chi connectivity index (χ4n) is 9.55. The van der Waals surface area contributed by atoms with E-state index < -0.39 is 68.8 Å². The van der Waals surface area contributed by atoms with E-state index in [-0.39, 0.29) is 30.5 Å².